The number of benzene rings is 2. The second-order valence-electron chi connectivity index (χ2n) is 17.9. The Morgan fingerprint density at radius 3 is 0.672 bits per heavy atom. The van der Waals surface area contributed by atoms with Crippen LogP contribution in [0.15, 0.2) is 58.3 Å². The maximum absolute atomic E-state index is 10.6. The Kier molecular flexibility index (Phi) is 37.7. The van der Waals surface area contributed by atoms with Crippen LogP contribution in [-0.2, 0) is 0 Å². The third kappa shape index (κ3) is 29.6. The lowest BCUT2D eigenvalue weighted by molar-refractivity contribution is -0.929. The number of rotatable bonds is 36. The van der Waals surface area contributed by atoms with Crippen LogP contribution in [-0.4, -0.2) is 73.3 Å². The molecule has 6 nitrogen and oxygen atoms in total. The number of quaternary nitrogens is 2. The van der Waals surface area contributed by atoms with Gasteiger partial charge in [0.25, 0.3) is 0 Å². The van der Waals surface area contributed by atoms with Gasteiger partial charge in [0.1, 0.15) is 0 Å². The van der Waals surface area contributed by atoms with Gasteiger partial charge >= 0.3 is 0 Å². The molecule has 352 valence electrons. The molecule has 0 aliphatic rings. The zero-order chi connectivity index (χ0) is 45.5. The van der Waals surface area contributed by atoms with E-state index in [1.807, 2.05) is 0 Å². The molecule has 61 heavy (non-hydrogen) atoms. The molecule has 0 atom stereocenters. The highest BCUT2D eigenvalue weighted by Gasteiger charge is 2.26. The molecule has 0 N–H and O–H groups in total. The van der Waals surface area contributed by atoms with Crippen molar-refractivity contribution < 1.29 is 28.8 Å². The fourth-order valence-electron chi connectivity index (χ4n) is 8.37. The van der Waals surface area contributed by atoms with E-state index in [1.54, 1.807) is 24.3 Å². The lowest BCUT2D eigenvalue weighted by atomic mass is 10.1. The molecule has 0 heterocycles. The van der Waals surface area contributed by atoms with Crippen LogP contribution in [0.5, 0.6) is 0 Å². The minimum Gasteiger partial charge on any atom is -0.545 e. The van der Waals surface area contributed by atoms with Gasteiger partial charge in [0.15, 0.2) is 0 Å². The van der Waals surface area contributed by atoms with Crippen molar-refractivity contribution in [3.63, 3.8) is 0 Å². The van der Waals surface area contributed by atoms with Crippen LogP contribution in [0.25, 0.3) is 0 Å². The molecule has 0 aromatic heterocycles. The Balaban J connectivity index is 0.000000886. The summed E-state index contributed by atoms with van der Waals surface area (Å²) in [6.07, 6.45) is 33.8. The van der Waals surface area contributed by atoms with Gasteiger partial charge in [-0.15, -0.1) is 0 Å². The van der Waals surface area contributed by atoms with E-state index in [2.05, 4.69) is 55.4 Å². The molecule has 0 aliphatic carbocycles. The predicted molar refractivity (Wildman–Crippen MR) is 261 cm³/mol. The summed E-state index contributed by atoms with van der Waals surface area (Å²) in [5, 5.41) is 21.2. The van der Waals surface area contributed by atoms with Gasteiger partial charge in [-0.25, -0.2) is 0 Å². The standard InChI is InChI=1S/2C20H44N.C14H10O4S/c2*1-5-9-13-17-21(18-14-10-6-2,19-15-11-7-3)20-16-12-8-4;15-13(16)9-1-5-11(6-2-9)19-12-7-3-10(4-8-12)14(17)18/h2*5-20H2,1-4H3;1-8H,(H,15,16)(H,17,18)/q2*+1;/p-2. The largest absolute Gasteiger partial charge is 0.545 e. The van der Waals surface area contributed by atoms with Crippen molar-refractivity contribution in [3.05, 3.63) is 59.7 Å². The van der Waals surface area contributed by atoms with Crippen molar-refractivity contribution in [2.24, 2.45) is 0 Å². The molecule has 0 unspecified atom stereocenters. The zero-order valence-electron chi connectivity index (χ0n) is 41.2. The fraction of sp³-hybridized carbons (Fsp3) is 0.741. The Labute approximate surface area is 382 Å². The quantitative estimate of drug-likeness (QED) is 0.0503. The van der Waals surface area contributed by atoms with Crippen molar-refractivity contribution in [2.75, 3.05) is 52.4 Å². The molecule has 0 spiro atoms. The number of carboxylic acid groups (broad SMARTS) is 2. The van der Waals surface area contributed by atoms with E-state index in [0.29, 0.717) is 0 Å². The monoisotopic (exact) mass is 869 g/mol. The van der Waals surface area contributed by atoms with Gasteiger partial charge in [-0.2, -0.15) is 0 Å². The minimum absolute atomic E-state index is 0.122. The van der Waals surface area contributed by atoms with Gasteiger partial charge in [-0.1, -0.05) is 143 Å². The summed E-state index contributed by atoms with van der Waals surface area (Å²) in [4.78, 5) is 22.9. The molecular formula is C54H96N2O4S. The number of aromatic carboxylic acids is 2. The molecule has 2 rings (SSSR count). The fourth-order valence-corrected chi connectivity index (χ4v) is 9.19. The van der Waals surface area contributed by atoms with Gasteiger partial charge in [-0.3, -0.25) is 0 Å². The van der Waals surface area contributed by atoms with Gasteiger partial charge in [0.05, 0.1) is 64.3 Å². The van der Waals surface area contributed by atoms with E-state index in [4.69, 9.17) is 0 Å². The summed E-state index contributed by atoms with van der Waals surface area (Å²) in [5.41, 5.74) is 0.244. The molecule has 2 aromatic rings. The summed E-state index contributed by atoms with van der Waals surface area (Å²) >= 11 is 1.40. The SMILES string of the molecule is CCCCC[N+](CCCCC)(CCCCC)CCCCC.CCCCC[N+](CCCCC)(CCCCC)CCCCC.O=C([O-])c1ccc(Sc2ccc(C(=O)[O-])cc2)cc1. The Morgan fingerprint density at radius 1 is 0.344 bits per heavy atom. The maximum Gasteiger partial charge on any atom is 0.0786 e. The van der Waals surface area contributed by atoms with Crippen molar-refractivity contribution in [1.82, 2.24) is 0 Å². The van der Waals surface area contributed by atoms with Crippen LogP contribution < -0.4 is 10.2 Å². The number of nitrogens with zero attached hydrogens (tertiary/aromatic N) is 2. The van der Waals surface area contributed by atoms with E-state index in [-0.39, 0.29) is 11.1 Å². The van der Waals surface area contributed by atoms with Gasteiger partial charge in [0.2, 0.25) is 0 Å². The molecule has 7 heteroatoms. The van der Waals surface area contributed by atoms with Crippen LogP contribution in [0.4, 0.5) is 0 Å². The molecule has 0 aliphatic heterocycles. The molecule has 0 radical (unpaired) electrons. The normalized spacial score (nSPS) is 11.4. The molecule has 0 fully saturated rings. The summed E-state index contributed by atoms with van der Waals surface area (Å²) in [7, 11) is 0. The van der Waals surface area contributed by atoms with Gasteiger partial charge in [-0.05, 0) is 138 Å². The first-order valence-electron chi connectivity index (χ1n) is 25.6. The highest BCUT2D eigenvalue weighted by Crippen LogP contribution is 2.28. The number of unbranched alkanes of at least 4 members (excludes halogenated alkanes) is 16. The second kappa shape index (κ2) is 39.3. The molecule has 0 saturated carbocycles. The highest BCUT2D eigenvalue weighted by molar-refractivity contribution is 7.99. The summed E-state index contributed by atoms with van der Waals surface area (Å²) in [6.45, 7) is 30.3. The molecular weight excluding hydrogens is 773 g/mol. The van der Waals surface area contributed by atoms with E-state index in [0.717, 1.165) is 9.79 Å². The second-order valence-corrected chi connectivity index (χ2v) is 19.0. The Morgan fingerprint density at radius 2 is 0.525 bits per heavy atom. The third-order valence-electron chi connectivity index (χ3n) is 12.3. The summed E-state index contributed by atoms with van der Waals surface area (Å²) in [5.74, 6) is -2.43. The van der Waals surface area contributed by atoms with E-state index < -0.39 is 11.9 Å². The molecule has 0 amide bonds. The van der Waals surface area contributed by atoms with Crippen molar-refractivity contribution in [2.45, 2.75) is 219 Å². The lowest BCUT2D eigenvalue weighted by Gasteiger charge is -2.39. The smallest absolute Gasteiger partial charge is 0.0786 e. The summed E-state index contributed by atoms with van der Waals surface area (Å²) < 4.78 is 2.89. The maximum atomic E-state index is 10.6. The van der Waals surface area contributed by atoms with Crippen LogP contribution in [0, 0.1) is 0 Å². The van der Waals surface area contributed by atoms with Crippen molar-refractivity contribution in [3.8, 4) is 0 Å². The van der Waals surface area contributed by atoms with Crippen molar-refractivity contribution >= 4 is 23.7 Å². The minimum atomic E-state index is -1.21. The summed E-state index contributed by atoms with van der Waals surface area (Å²) in [6, 6.07) is 12.5. The van der Waals surface area contributed by atoms with Crippen LogP contribution in [0.1, 0.15) is 230 Å². The first kappa shape index (κ1) is 58.6. The molecule has 2 aromatic carbocycles. The number of carboxylic acids is 2. The van der Waals surface area contributed by atoms with Gasteiger partial charge in [0, 0.05) is 9.79 Å². The lowest BCUT2D eigenvalue weighted by Crippen LogP contribution is -2.50. The topological polar surface area (TPSA) is 80.3 Å². The number of carbonyl (C=O) groups is 2. The number of hydrogen-bond donors (Lipinski definition) is 0. The zero-order valence-corrected chi connectivity index (χ0v) is 42.0. The number of carbonyl (C=O) groups excluding carboxylic acids is 2. The van der Waals surface area contributed by atoms with E-state index in [1.165, 1.54) is 251 Å². The first-order chi connectivity index (χ1) is 29.5. The van der Waals surface area contributed by atoms with Crippen molar-refractivity contribution in [1.29, 1.82) is 0 Å². The van der Waals surface area contributed by atoms with E-state index >= 15 is 0 Å². The first-order valence-corrected chi connectivity index (χ1v) is 26.4. The Bertz CT molecular complexity index is 1110. The number of hydrogen-bond acceptors (Lipinski definition) is 5. The van der Waals surface area contributed by atoms with Crippen LogP contribution in [0.2, 0.25) is 0 Å². The molecule has 0 saturated heterocycles. The van der Waals surface area contributed by atoms with Gasteiger partial charge < -0.3 is 28.8 Å². The average Bonchev–Trinajstić information content (AvgIpc) is 3.25. The van der Waals surface area contributed by atoms with E-state index in [9.17, 15) is 19.8 Å². The average molecular weight is 869 g/mol. The highest BCUT2D eigenvalue weighted by atomic mass is 32.2. The third-order valence-corrected chi connectivity index (χ3v) is 13.3. The predicted octanol–water partition coefficient (Wildman–Crippen LogP) is 13.7. The molecule has 0 bridgehead atoms. The van der Waals surface area contributed by atoms with Crippen LogP contribution in [0.3, 0.4) is 0 Å². The van der Waals surface area contributed by atoms with Crippen LogP contribution >= 0.6 is 11.8 Å². The Hall–Kier alpha value is -2.35.